The Hall–Kier alpha value is -1.58. The third kappa shape index (κ3) is 1.22. The van der Waals surface area contributed by atoms with Gasteiger partial charge in [-0.3, -0.25) is 4.57 Å². The summed E-state index contributed by atoms with van der Waals surface area (Å²) in [6, 6.07) is 2.49. The van der Waals surface area contributed by atoms with E-state index in [1.807, 2.05) is 19.2 Å². The van der Waals surface area contributed by atoms with Crippen LogP contribution in [0.1, 0.15) is 31.4 Å². The molecule has 16 heavy (non-hydrogen) atoms. The summed E-state index contributed by atoms with van der Waals surface area (Å²) in [5, 5.41) is 0. The number of nitrogen functional groups attached to an aromatic ring is 1. The van der Waals surface area contributed by atoms with E-state index in [4.69, 9.17) is 5.73 Å². The van der Waals surface area contributed by atoms with E-state index in [0.717, 1.165) is 22.6 Å². The Balaban J connectivity index is 2.17. The largest absolute Gasteiger partial charge is 0.369 e. The van der Waals surface area contributed by atoms with Crippen molar-refractivity contribution in [2.75, 3.05) is 5.73 Å². The van der Waals surface area contributed by atoms with E-state index in [1.165, 1.54) is 12.8 Å². The lowest BCUT2D eigenvalue weighted by Gasteiger charge is -2.04. The molecule has 1 fully saturated rings. The van der Waals surface area contributed by atoms with Crippen LogP contribution in [0.25, 0.3) is 11.2 Å². The minimum Gasteiger partial charge on any atom is -0.369 e. The number of aromatic nitrogens is 3. The maximum absolute atomic E-state index is 5.99. The Morgan fingerprint density at radius 3 is 3.06 bits per heavy atom. The molecular weight excluding hydrogens is 200 g/mol. The van der Waals surface area contributed by atoms with Gasteiger partial charge >= 0.3 is 0 Å². The van der Waals surface area contributed by atoms with E-state index in [0.29, 0.717) is 12.0 Å². The number of fused-ring (bicyclic) bond motifs is 1. The van der Waals surface area contributed by atoms with E-state index in [9.17, 15) is 0 Å². The van der Waals surface area contributed by atoms with Crippen molar-refractivity contribution in [1.82, 2.24) is 14.5 Å². The molecule has 1 aliphatic carbocycles. The number of pyridine rings is 1. The predicted molar refractivity (Wildman–Crippen MR) is 64.1 cm³/mol. The van der Waals surface area contributed by atoms with Crippen LogP contribution < -0.4 is 5.73 Å². The zero-order valence-corrected chi connectivity index (χ0v) is 9.64. The quantitative estimate of drug-likeness (QED) is 0.838. The summed E-state index contributed by atoms with van der Waals surface area (Å²) >= 11 is 0. The van der Waals surface area contributed by atoms with Crippen LogP contribution in [0.4, 0.5) is 5.95 Å². The summed E-state index contributed by atoms with van der Waals surface area (Å²) < 4.78 is 2.11. The summed E-state index contributed by atoms with van der Waals surface area (Å²) in [6.45, 7) is 4.27. The van der Waals surface area contributed by atoms with Gasteiger partial charge in [-0.2, -0.15) is 0 Å². The molecular formula is C12H16N4. The maximum atomic E-state index is 5.99. The highest BCUT2D eigenvalue weighted by Gasteiger charge is 2.39. The van der Waals surface area contributed by atoms with Crippen molar-refractivity contribution in [2.45, 2.75) is 32.7 Å². The fraction of sp³-hybridized carbons (Fsp3) is 0.500. The molecule has 0 aliphatic heterocycles. The van der Waals surface area contributed by atoms with Gasteiger partial charge < -0.3 is 5.73 Å². The van der Waals surface area contributed by atoms with Crippen molar-refractivity contribution in [1.29, 1.82) is 0 Å². The molecule has 1 saturated carbocycles. The molecule has 2 aromatic rings. The Bertz CT molecular complexity index is 543. The molecule has 2 atom stereocenters. The topological polar surface area (TPSA) is 56.7 Å². The molecule has 84 valence electrons. The van der Waals surface area contributed by atoms with Gasteiger partial charge in [-0.05, 0) is 30.9 Å². The van der Waals surface area contributed by atoms with Crippen molar-refractivity contribution in [2.24, 2.45) is 5.92 Å². The van der Waals surface area contributed by atoms with Gasteiger partial charge in [-0.15, -0.1) is 0 Å². The number of rotatable bonds is 2. The van der Waals surface area contributed by atoms with Crippen molar-refractivity contribution >= 4 is 17.1 Å². The van der Waals surface area contributed by atoms with E-state index in [2.05, 4.69) is 21.5 Å². The number of imidazole rings is 1. The highest BCUT2D eigenvalue weighted by Crippen LogP contribution is 2.47. The van der Waals surface area contributed by atoms with E-state index < -0.39 is 0 Å². The molecule has 4 heteroatoms. The van der Waals surface area contributed by atoms with Gasteiger partial charge in [0, 0.05) is 12.2 Å². The Morgan fingerprint density at radius 1 is 1.56 bits per heavy atom. The van der Waals surface area contributed by atoms with Crippen molar-refractivity contribution < 1.29 is 0 Å². The lowest BCUT2D eigenvalue weighted by molar-refractivity contribution is 0.657. The minimum atomic E-state index is 0.518. The van der Waals surface area contributed by atoms with Crippen LogP contribution in [0.3, 0.4) is 0 Å². The van der Waals surface area contributed by atoms with Crippen LogP contribution >= 0.6 is 0 Å². The van der Waals surface area contributed by atoms with Crippen molar-refractivity contribution in [3.8, 4) is 0 Å². The van der Waals surface area contributed by atoms with Crippen LogP contribution in [-0.4, -0.2) is 14.5 Å². The molecule has 0 spiro atoms. The normalized spacial score (nSPS) is 23.9. The summed E-state index contributed by atoms with van der Waals surface area (Å²) in [4.78, 5) is 8.83. The summed E-state index contributed by atoms with van der Waals surface area (Å²) in [5.41, 5.74) is 9.02. The second-order valence-electron chi connectivity index (χ2n) is 4.61. The average Bonchev–Trinajstić information content (AvgIpc) is 2.95. The van der Waals surface area contributed by atoms with Crippen LogP contribution in [0.5, 0.6) is 0 Å². The zero-order valence-electron chi connectivity index (χ0n) is 9.64. The zero-order chi connectivity index (χ0) is 11.3. The third-order valence-electron chi connectivity index (χ3n) is 3.55. The van der Waals surface area contributed by atoms with E-state index in [1.54, 1.807) is 0 Å². The van der Waals surface area contributed by atoms with Gasteiger partial charge in [0.05, 0.1) is 0 Å². The molecule has 3 rings (SSSR count). The summed E-state index contributed by atoms with van der Waals surface area (Å²) in [7, 11) is 0. The fourth-order valence-corrected chi connectivity index (χ4v) is 2.44. The molecule has 0 bridgehead atoms. The highest BCUT2D eigenvalue weighted by atomic mass is 15.2. The second kappa shape index (κ2) is 3.20. The Kier molecular flexibility index (Phi) is 1.93. The molecule has 2 aromatic heterocycles. The van der Waals surface area contributed by atoms with Gasteiger partial charge in [-0.25, -0.2) is 9.97 Å². The van der Waals surface area contributed by atoms with E-state index >= 15 is 0 Å². The molecule has 0 radical (unpaired) electrons. The van der Waals surface area contributed by atoms with Gasteiger partial charge in [-0.1, -0.05) is 13.3 Å². The summed E-state index contributed by atoms with van der Waals surface area (Å²) in [5.74, 6) is 1.36. The number of hydrogen-bond donors (Lipinski definition) is 1. The first-order chi connectivity index (χ1) is 7.72. The average molecular weight is 216 g/mol. The predicted octanol–water partition coefficient (Wildman–Crippen LogP) is 2.29. The molecule has 0 aromatic carbocycles. The van der Waals surface area contributed by atoms with Gasteiger partial charge in [0.15, 0.2) is 5.65 Å². The maximum Gasteiger partial charge on any atom is 0.202 e. The molecule has 0 saturated heterocycles. The van der Waals surface area contributed by atoms with Crippen LogP contribution in [-0.2, 0) is 0 Å². The number of aryl methyl sites for hydroxylation is 1. The number of nitrogens with zero attached hydrogens (tertiary/aromatic N) is 3. The second-order valence-corrected chi connectivity index (χ2v) is 4.61. The number of hydrogen-bond acceptors (Lipinski definition) is 3. The van der Waals surface area contributed by atoms with Crippen LogP contribution in [0.2, 0.25) is 0 Å². The monoisotopic (exact) mass is 216 g/mol. The van der Waals surface area contributed by atoms with Crippen LogP contribution in [0.15, 0.2) is 12.3 Å². The Morgan fingerprint density at radius 2 is 2.38 bits per heavy atom. The first-order valence-corrected chi connectivity index (χ1v) is 5.81. The van der Waals surface area contributed by atoms with Crippen molar-refractivity contribution in [3.63, 3.8) is 0 Å². The SMILES string of the molecule is CCC1CC1n1c(N)nc2c(C)ccnc21. The van der Waals surface area contributed by atoms with Gasteiger partial charge in [0.25, 0.3) is 0 Å². The van der Waals surface area contributed by atoms with Crippen LogP contribution in [0, 0.1) is 12.8 Å². The molecule has 0 amide bonds. The highest BCUT2D eigenvalue weighted by molar-refractivity contribution is 5.77. The molecule has 1 aliphatic rings. The summed E-state index contributed by atoms with van der Waals surface area (Å²) in [6.07, 6.45) is 4.25. The first-order valence-electron chi connectivity index (χ1n) is 5.81. The minimum absolute atomic E-state index is 0.518. The lowest BCUT2D eigenvalue weighted by atomic mass is 10.3. The molecule has 2 unspecified atom stereocenters. The van der Waals surface area contributed by atoms with E-state index in [-0.39, 0.29) is 0 Å². The Labute approximate surface area is 94.5 Å². The fourth-order valence-electron chi connectivity index (χ4n) is 2.44. The lowest BCUT2D eigenvalue weighted by Crippen LogP contribution is -2.03. The molecule has 4 nitrogen and oxygen atoms in total. The van der Waals surface area contributed by atoms with Gasteiger partial charge in [0.2, 0.25) is 5.95 Å². The number of anilines is 1. The molecule has 2 heterocycles. The standard InChI is InChI=1S/C12H16N4/c1-3-8-6-9(8)16-11-10(15-12(16)13)7(2)4-5-14-11/h4-5,8-9H,3,6H2,1-2H3,(H2,13,15). The molecule has 2 N–H and O–H groups in total. The third-order valence-corrected chi connectivity index (χ3v) is 3.55. The van der Waals surface area contributed by atoms with Gasteiger partial charge in [0.1, 0.15) is 5.52 Å². The van der Waals surface area contributed by atoms with Crippen molar-refractivity contribution in [3.05, 3.63) is 17.8 Å². The smallest absolute Gasteiger partial charge is 0.202 e. The number of nitrogens with two attached hydrogens (primary N) is 1. The first kappa shape index (κ1) is 9.63.